The first-order chi connectivity index (χ1) is 16.8. The third-order valence-electron chi connectivity index (χ3n) is 5.93. The second-order valence-corrected chi connectivity index (χ2v) is 9.04. The van der Waals surface area contributed by atoms with E-state index < -0.39 is 23.6 Å². The van der Waals surface area contributed by atoms with Crippen LogP contribution in [0.3, 0.4) is 0 Å². The number of benzene rings is 2. The predicted octanol–water partition coefficient (Wildman–Crippen LogP) is 5.42. The zero-order chi connectivity index (χ0) is 25.1. The Morgan fingerprint density at radius 1 is 1.19 bits per heavy atom. The molecular formula is C26H30ClF2N3O4. The molecule has 1 heterocycles. The summed E-state index contributed by atoms with van der Waals surface area (Å²) in [5.74, 6) is 0.0743. The molecule has 3 N–H and O–H groups in total. The molecule has 7 nitrogen and oxygen atoms in total. The number of nitrogens with one attached hydrogen (secondary N) is 1. The minimum atomic E-state index is -0.748. The maximum Gasteiger partial charge on any atom is 0.273 e. The summed E-state index contributed by atoms with van der Waals surface area (Å²) in [7, 11) is 1.57. The number of ether oxygens (including phenoxy) is 2. The number of nitrogens with two attached hydrogens (primary N) is 1. The molecule has 1 fully saturated rings. The van der Waals surface area contributed by atoms with E-state index in [9.17, 15) is 13.6 Å². The van der Waals surface area contributed by atoms with Crippen molar-refractivity contribution in [2.75, 3.05) is 13.7 Å². The minimum Gasteiger partial charge on any atom is -0.493 e. The van der Waals surface area contributed by atoms with Gasteiger partial charge in [-0.15, -0.1) is 12.4 Å². The van der Waals surface area contributed by atoms with E-state index in [0.29, 0.717) is 29.6 Å². The number of halogens is 3. The fourth-order valence-corrected chi connectivity index (χ4v) is 3.49. The van der Waals surface area contributed by atoms with Gasteiger partial charge in [0, 0.05) is 23.7 Å². The molecule has 1 atom stereocenters. The van der Waals surface area contributed by atoms with Gasteiger partial charge in [0.25, 0.3) is 5.91 Å². The maximum absolute atomic E-state index is 14.0. The lowest BCUT2D eigenvalue weighted by Crippen LogP contribution is -2.27. The molecule has 1 aliphatic rings. The molecule has 1 amide bonds. The van der Waals surface area contributed by atoms with Gasteiger partial charge in [-0.05, 0) is 48.9 Å². The number of aromatic nitrogens is 1. The summed E-state index contributed by atoms with van der Waals surface area (Å²) in [6.07, 6.45) is 2.30. The third-order valence-corrected chi connectivity index (χ3v) is 5.93. The molecule has 0 bridgehead atoms. The van der Waals surface area contributed by atoms with E-state index in [0.717, 1.165) is 25.0 Å². The van der Waals surface area contributed by atoms with Crippen LogP contribution in [-0.4, -0.2) is 24.6 Å². The van der Waals surface area contributed by atoms with E-state index in [1.807, 2.05) is 13.8 Å². The lowest BCUT2D eigenvalue weighted by atomic mass is 10.0. The van der Waals surface area contributed by atoms with Gasteiger partial charge in [-0.25, -0.2) is 13.8 Å². The van der Waals surface area contributed by atoms with Crippen LogP contribution in [0.4, 0.5) is 8.78 Å². The van der Waals surface area contributed by atoms with Crippen molar-refractivity contribution in [1.82, 2.24) is 10.3 Å². The molecule has 1 unspecified atom stereocenters. The molecule has 36 heavy (non-hydrogen) atoms. The lowest BCUT2D eigenvalue weighted by Gasteiger charge is -2.14. The van der Waals surface area contributed by atoms with Gasteiger partial charge < -0.3 is 24.9 Å². The fraction of sp³-hybridized carbons (Fsp3) is 0.385. The number of rotatable bonds is 10. The molecule has 3 aromatic rings. The first-order valence-corrected chi connectivity index (χ1v) is 11.6. The van der Waals surface area contributed by atoms with Crippen LogP contribution in [-0.2, 0) is 6.54 Å². The summed E-state index contributed by atoms with van der Waals surface area (Å²) in [5, 5.41) is 2.62. The topological polar surface area (TPSA) is 99.6 Å². The quantitative estimate of drug-likeness (QED) is 0.369. The van der Waals surface area contributed by atoms with Gasteiger partial charge in [-0.1, -0.05) is 19.9 Å². The van der Waals surface area contributed by atoms with E-state index in [1.165, 1.54) is 6.07 Å². The summed E-state index contributed by atoms with van der Waals surface area (Å²) >= 11 is 0. The summed E-state index contributed by atoms with van der Waals surface area (Å²) in [4.78, 5) is 17.4. The first-order valence-electron chi connectivity index (χ1n) is 11.6. The van der Waals surface area contributed by atoms with Crippen molar-refractivity contribution in [3.8, 4) is 23.0 Å². The van der Waals surface area contributed by atoms with E-state index in [4.69, 9.17) is 19.6 Å². The SMILES string of the molecule is COc1ccc(-c2nc(C(=O)NCc3ccc(F)cc3F)c(C(N)C(C)C)o2)cc1OCC1CC1.Cl. The maximum atomic E-state index is 14.0. The zero-order valence-corrected chi connectivity index (χ0v) is 21.2. The molecule has 2 aromatic carbocycles. The molecule has 0 spiro atoms. The minimum absolute atomic E-state index is 0. The number of carbonyl (C=O) groups excluding carboxylic acids is 1. The van der Waals surface area contributed by atoms with Crippen LogP contribution in [0.25, 0.3) is 11.5 Å². The van der Waals surface area contributed by atoms with Crippen molar-refractivity contribution in [2.45, 2.75) is 39.3 Å². The summed E-state index contributed by atoms with van der Waals surface area (Å²) < 4.78 is 44.5. The van der Waals surface area contributed by atoms with Gasteiger partial charge in [0.05, 0.1) is 19.8 Å². The average molecular weight is 522 g/mol. The van der Waals surface area contributed by atoms with Gasteiger partial charge >= 0.3 is 0 Å². The van der Waals surface area contributed by atoms with Crippen molar-refractivity contribution < 1.29 is 27.5 Å². The predicted molar refractivity (Wildman–Crippen MR) is 133 cm³/mol. The third kappa shape index (κ3) is 6.33. The van der Waals surface area contributed by atoms with Crippen molar-refractivity contribution >= 4 is 18.3 Å². The molecule has 1 saturated carbocycles. The Morgan fingerprint density at radius 3 is 2.58 bits per heavy atom. The van der Waals surface area contributed by atoms with E-state index in [1.54, 1.807) is 25.3 Å². The number of nitrogens with zero attached hydrogens (tertiary/aromatic N) is 1. The van der Waals surface area contributed by atoms with E-state index >= 15 is 0 Å². The van der Waals surface area contributed by atoms with Crippen LogP contribution >= 0.6 is 12.4 Å². The monoisotopic (exact) mass is 521 g/mol. The smallest absolute Gasteiger partial charge is 0.273 e. The molecule has 0 saturated heterocycles. The summed E-state index contributed by atoms with van der Waals surface area (Å²) in [5.41, 5.74) is 7.07. The number of amides is 1. The Kier molecular flexibility index (Phi) is 8.92. The van der Waals surface area contributed by atoms with Crippen LogP contribution < -0.4 is 20.5 Å². The Morgan fingerprint density at radius 2 is 1.94 bits per heavy atom. The molecule has 0 aliphatic heterocycles. The highest BCUT2D eigenvalue weighted by Gasteiger charge is 2.28. The number of oxazole rings is 1. The average Bonchev–Trinajstić information content (AvgIpc) is 3.56. The normalized spacial score (nSPS) is 13.8. The Labute approximate surface area is 214 Å². The molecule has 194 valence electrons. The highest BCUT2D eigenvalue weighted by molar-refractivity contribution is 5.94. The number of methoxy groups -OCH3 is 1. The van der Waals surface area contributed by atoms with Crippen molar-refractivity contribution in [3.63, 3.8) is 0 Å². The lowest BCUT2D eigenvalue weighted by molar-refractivity contribution is 0.0943. The van der Waals surface area contributed by atoms with Gasteiger partial charge in [0.2, 0.25) is 5.89 Å². The fourth-order valence-electron chi connectivity index (χ4n) is 3.49. The number of carbonyl (C=O) groups is 1. The van der Waals surface area contributed by atoms with Crippen LogP contribution in [0.2, 0.25) is 0 Å². The molecule has 0 radical (unpaired) electrons. The molecule has 1 aromatic heterocycles. The highest BCUT2D eigenvalue weighted by Crippen LogP contribution is 2.36. The van der Waals surface area contributed by atoms with Crippen molar-refractivity contribution in [1.29, 1.82) is 0 Å². The highest BCUT2D eigenvalue weighted by atomic mass is 35.5. The second kappa shape index (κ2) is 11.7. The van der Waals surface area contributed by atoms with Crippen LogP contribution in [0.5, 0.6) is 11.5 Å². The van der Waals surface area contributed by atoms with Crippen LogP contribution in [0.15, 0.2) is 40.8 Å². The largest absolute Gasteiger partial charge is 0.493 e. The summed E-state index contributed by atoms with van der Waals surface area (Å²) in [6.45, 7) is 4.26. The van der Waals surface area contributed by atoms with Gasteiger partial charge in [0.15, 0.2) is 23.0 Å². The Balaban J connectivity index is 0.00000361. The van der Waals surface area contributed by atoms with E-state index in [-0.39, 0.29) is 47.8 Å². The van der Waals surface area contributed by atoms with Crippen LogP contribution in [0, 0.1) is 23.5 Å². The van der Waals surface area contributed by atoms with Gasteiger partial charge in [-0.2, -0.15) is 0 Å². The van der Waals surface area contributed by atoms with Crippen molar-refractivity contribution in [3.05, 3.63) is 65.1 Å². The molecule has 1 aliphatic carbocycles. The summed E-state index contributed by atoms with van der Waals surface area (Å²) in [6, 6.07) is 7.85. The number of hydrogen-bond donors (Lipinski definition) is 2. The van der Waals surface area contributed by atoms with Gasteiger partial charge in [0.1, 0.15) is 11.6 Å². The number of hydrogen-bond acceptors (Lipinski definition) is 6. The second-order valence-electron chi connectivity index (χ2n) is 9.04. The first kappa shape index (κ1) is 27.4. The van der Waals surface area contributed by atoms with E-state index in [2.05, 4.69) is 10.3 Å². The molecular weight excluding hydrogens is 492 g/mol. The molecule has 10 heteroatoms. The Bertz CT molecular complexity index is 1210. The van der Waals surface area contributed by atoms with Crippen molar-refractivity contribution in [2.24, 2.45) is 17.6 Å². The van der Waals surface area contributed by atoms with Crippen LogP contribution in [0.1, 0.15) is 54.5 Å². The standard InChI is InChI=1S/C26H29F2N3O4.ClH/c1-14(2)22(29)24-23(25(32)30-12-17-6-8-18(27)11-19(17)28)31-26(35-24)16-7-9-20(33-3)21(10-16)34-13-15-4-5-15;/h6-11,14-15,22H,4-5,12-13,29H2,1-3H3,(H,30,32);1H. The zero-order valence-electron chi connectivity index (χ0n) is 20.3. The Hall–Kier alpha value is -3.17. The van der Waals surface area contributed by atoms with Gasteiger partial charge in [-0.3, -0.25) is 4.79 Å². The molecule has 4 rings (SSSR count).